The summed E-state index contributed by atoms with van der Waals surface area (Å²) in [4.78, 5) is 12.6. The zero-order chi connectivity index (χ0) is 15.4. The van der Waals surface area contributed by atoms with Crippen LogP contribution in [0.25, 0.3) is 10.1 Å². The number of nitrogens with one attached hydrogen (secondary N) is 1. The molecule has 0 radical (unpaired) electrons. The number of nitrogens with two attached hydrogens (primary N) is 1. The van der Waals surface area contributed by atoms with Crippen LogP contribution in [0.4, 0.5) is 5.69 Å². The number of anilines is 1. The Kier molecular flexibility index (Phi) is 5.19. The monoisotopic (exact) mass is 326 g/mol. The summed E-state index contributed by atoms with van der Waals surface area (Å²) in [6, 6.07) is 5.53. The molecule has 0 spiro atoms. The normalized spacial score (nSPS) is 12.3. The van der Waals surface area contributed by atoms with E-state index < -0.39 is 10.8 Å². The molecule has 0 bridgehead atoms. The first-order valence-electron chi connectivity index (χ1n) is 6.56. The zero-order valence-corrected chi connectivity index (χ0v) is 13.6. The average Bonchev–Trinajstić information content (AvgIpc) is 2.83. The first-order valence-corrected chi connectivity index (χ1v) is 8.86. The van der Waals surface area contributed by atoms with Crippen molar-refractivity contribution in [3.63, 3.8) is 0 Å². The molecule has 0 saturated heterocycles. The molecule has 2 rings (SSSR count). The van der Waals surface area contributed by atoms with Crippen LogP contribution in [0, 0.1) is 0 Å². The van der Waals surface area contributed by atoms with E-state index >= 15 is 0 Å². The molecule has 21 heavy (non-hydrogen) atoms. The highest BCUT2D eigenvalue weighted by Gasteiger charge is 2.16. The number of carbonyl (C=O) groups is 1. The number of ether oxygens (including phenoxy) is 1. The Bertz CT molecular complexity index is 682. The molecule has 0 saturated carbocycles. The molecule has 1 aromatic carbocycles. The molecule has 2 aromatic rings. The lowest BCUT2D eigenvalue weighted by Crippen LogP contribution is -2.27. The van der Waals surface area contributed by atoms with E-state index in [0.29, 0.717) is 28.6 Å². The van der Waals surface area contributed by atoms with Crippen molar-refractivity contribution in [3.8, 4) is 5.75 Å². The maximum Gasteiger partial charge on any atom is 0.263 e. The summed E-state index contributed by atoms with van der Waals surface area (Å²) in [7, 11) is 0.713. The van der Waals surface area contributed by atoms with E-state index in [-0.39, 0.29) is 5.91 Å². The molecule has 1 atom stereocenters. The Morgan fingerprint density at radius 2 is 2.24 bits per heavy atom. The molecule has 1 unspecified atom stereocenters. The highest BCUT2D eigenvalue weighted by atomic mass is 32.2. The van der Waals surface area contributed by atoms with Gasteiger partial charge in [0, 0.05) is 38.9 Å². The van der Waals surface area contributed by atoms with Gasteiger partial charge in [-0.2, -0.15) is 0 Å². The molecule has 1 heterocycles. The van der Waals surface area contributed by atoms with Crippen molar-refractivity contribution in [2.75, 3.05) is 30.9 Å². The smallest absolute Gasteiger partial charge is 0.263 e. The first kappa shape index (κ1) is 15.8. The van der Waals surface area contributed by atoms with E-state index in [1.54, 1.807) is 7.11 Å². The Morgan fingerprint density at radius 3 is 2.90 bits per heavy atom. The number of thiophene rings is 1. The van der Waals surface area contributed by atoms with E-state index in [0.717, 1.165) is 15.8 Å². The molecule has 114 valence electrons. The SMILES string of the molecule is CCS(=O)CCNC(=O)c1sc2cc(OC)ccc2c1N. The molecular formula is C14H18N2O3S2. The molecule has 0 aliphatic heterocycles. The Hall–Kier alpha value is -1.60. The molecular weight excluding hydrogens is 308 g/mol. The van der Waals surface area contributed by atoms with Crippen LogP contribution in [0.3, 0.4) is 0 Å². The second kappa shape index (κ2) is 6.91. The third-order valence-corrected chi connectivity index (χ3v) is 5.55. The van der Waals surface area contributed by atoms with Gasteiger partial charge in [0.1, 0.15) is 10.6 Å². The van der Waals surface area contributed by atoms with Gasteiger partial charge in [0.25, 0.3) is 5.91 Å². The largest absolute Gasteiger partial charge is 0.497 e. The van der Waals surface area contributed by atoms with E-state index in [9.17, 15) is 9.00 Å². The van der Waals surface area contributed by atoms with Crippen molar-refractivity contribution in [1.82, 2.24) is 5.32 Å². The maximum absolute atomic E-state index is 12.1. The second-order valence-electron chi connectivity index (χ2n) is 4.40. The van der Waals surface area contributed by atoms with Crippen molar-refractivity contribution in [1.29, 1.82) is 0 Å². The molecule has 1 amide bonds. The highest BCUT2D eigenvalue weighted by Crippen LogP contribution is 2.35. The van der Waals surface area contributed by atoms with Crippen LogP contribution in [-0.4, -0.2) is 35.3 Å². The van der Waals surface area contributed by atoms with Gasteiger partial charge >= 0.3 is 0 Å². The van der Waals surface area contributed by atoms with E-state index in [1.165, 1.54) is 11.3 Å². The maximum atomic E-state index is 12.1. The summed E-state index contributed by atoms with van der Waals surface area (Å²) in [6.07, 6.45) is 0. The summed E-state index contributed by atoms with van der Waals surface area (Å²) in [5.41, 5.74) is 6.52. The minimum absolute atomic E-state index is 0.222. The van der Waals surface area contributed by atoms with Gasteiger partial charge in [0.15, 0.2) is 0 Å². The van der Waals surface area contributed by atoms with Gasteiger partial charge in [0.05, 0.1) is 12.8 Å². The van der Waals surface area contributed by atoms with Gasteiger partial charge in [-0.3, -0.25) is 9.00 Å². The molecule has 0 fully saturated rings. The average molecular weight is 326 g/mol. The van der Waals surface area contributed by atoms with Crippen molar-refractivity contribution in [3.05, 3.63) is 23.1 Å². The first-order chi connectivity index (χ1) is 10.1. The lowest BCUT2D eigenvalue weighted by atomic mass is 10.2. The summed E-state index contributed by atoms with van der Waals surface area (Å²) < 4.78 is 17.4. The highest BCUT2D eigenvalue weighted by molar-refractivity contribution is 7.84. The van der Waals surface area contributed by atoms with Gasteiger partial charge in [-0.25, -0.2) is 0 Å². The van der Waals surface area contributed by atoms with E-state index in [1.807, 2.05) is 25.1 Å². The number of amides is 1. The number of hydrogen-bond acceptors (Lipinski definition) is 5. The topological polar surface area (TPSA) is 81.4 Å². The number of rotatable bonds is 6. The Morgan fingerprint density at radius 1 is 1.48 bits per heavy atom. The number of fused-ring (bicyclic) bond motifs is 1. The van der Waals surface area contributed by atoms with Crippen LogP contribution in [0.5, 0.6) is 5.75 Å². The van der Waals surface area contributed by atoms with Gasteiger partial charge in [-0.1, -0.05) is 6.92 Å². The van der Waals surface area contributed by atoms with Crippen molar-refractivity contribution < 1.29 is 13.7 Å². The van der Waals surface area contributed by atoms with Crippen LogP contribution in [0.15, 0.2) is 18.2 Å². The lowest BCUT2D eigenvalue weighted by Gasteiger charge is -2.03. The zero-order valence-electron chi connectivity index (χ0n) is 12.0. The van der Waals surface area contributed by atoms with Gasteiger partial charge in [-0.05, 0) is 18.2 Å². The molecule has 7 heteroatoms. The predicted octanol–water partition coefficient (Wildman–Crippen LogP) is 1.99. The van der Waals surface area contributed by atoms with Gasteiger partial charge < -0.3 is 15.8 Å². The number of carbonyl (C=O) groups excluding carboxylic acids is 1. The van der Waals surface area contributed by atoms with Crippen LogP contribution in [-0.2, 0) is 10.8 Å². The third kappa shape index (κ3) is 3.54. The fourth-order valence-electron chi connectivity index (χ4n) is 1.90. The third-order valence-electron chi connectivity index (χ3n) is 3.08. The van der Waals surface area contributed by atoms with Crippen LogP contribution >= 0.6 is 11.3 Å². The fourth-order valence-corrected chi connectivity index (χ4v) is 3.58. The van der Waals surface area contributed by atoms with Crippen LogP contribution < -0.4 is 15.8 Å². The van der Waals surface area contributed by atoms with E-state index in [2.05, 4.69) is 5.32 Å². The van der Waals surface area contributed by atoms with Crippen LogP contribution in [0.1, 0.15) is 16.6 Å². The number of nitrogen functional groups attached to an aromatic ring is 1. The van der Waals surface area contributed by atoms with Crippen molar-refractivity contribution in [2.45, 2.75) is 6.92 Å². The summed E-state index contributed by atoms with van der Waals surface area (Å²) >= 11 is 1.33. The Balaban J connectivity index is 2.15. The number of hydrogen-bond donors (Lipinski definition) is 2. The predicted molar refractivity (Wildman–Crippen MR) is 88.7 cm³/mol. The van der Waals surface area contributed by atoms with Crippen LogP contribution in [0.2, 0.25) is 0 Å². The quantitative estimate of drug-likeness (QED) is 0.850. The number of methoxy groups -OCH3 is 1. The van der Waals surface area contributed by atoms with Crippen molar-refractivity contribution in [2.24, 2.45) is 0 Å². The fraction of sp³-hybridized carbons (Fsp3) is 0.357. The Labute approximate surface area is 129 Å². The molecule has 5 nitrogen and oxygen atoms in total. The summed E-state index contributed by atoms with van der Waals surface area (Å²) in [6.45, 7) is 2.24. The van der Waals surface area contributed by atoms with Gasteiger partial charge in [-0.15, -0.1) is 11.3 Å². The second-order valence-corrected chi connectivity index (χ2v) is 7.31. The summed E-state index contributed by atoms with van der Waals surface area (Å²) in [5, 5.41) is 3.61. The molecule has 3 N–H and O–H groups in total. The standard InChI is InChI=1S/C14H18N2O3S2/c1-3-21(18)7-6-16-14(17)13-12(15)10-5-4-9(19-2)8-11(10)20-13/h4-5,8H,3,6-7,15H2,1-2H3,(H,16,17). The molecule has 0 aliphatic carbocycles. The van der Waals surface area contributed by atoms with Crippen molar-refractivity contribution >= 4 is 43.8 Å². The van der Waals surface area contributed by atoms with E-state index in [4.69, 9.17) is 10.5 Å². The molecule has 0 aliphatic rings. The van der Waals surface area contributed by atoms with Gasteiger partial charge in [0.2, 0.25) is 0 Å². The minimum atomic E-state index is -0.883. The summed E-state index contributed by atoms with van der Waals surface area (Å²) in [5.74, 6) is 1.57. The minimum Gasteiger partial charge on any atom is -0.497 e. The number of benzene rings is 1. The lowest BCUT2D eigenvalue weighted by molar-refractivity contribution is 0.0961. The molecule has 1 aromatic heterocycles.